The monoisotopic (exact) mass is 310 g/mol. The van der Waals surface area contributed by atoms with E-state index in [0.29, 0.717) is 26.0 Å². The van der Waals surface area contributed by atoms with Crippen molar-refractivity contribution < 1.29 is 14.3 Å². The van der Waals surface area contributed by atoms with Crippen LogP contribution in [0.1, 0.15) is 12.1 Å². The largest absolute Gasteiger partial charge is 0.469 e. The van der Waals surface area contributed by atoms with Gasteiger partial charge in [0, 0.05) is 25.1 Å². The Hall–Kier alpha value is -1.93. The zero-order valence-electron chi connectivity index (χ0n) is 12.0. The molecule has 0 bridgehead atoms. The number of anilines is 2. The maximum Gasteiger partial charge on any atom is 0.305 e. The molecule has 0 aliphatic carbocycles. The number of nitrogens with one attached hydrogen (secondary N) is 1. The molecule has 8 heteroatoms. The molecule has 2 aromatic rings. The lowest BCUT2D eigenvalue weighted by Gasteiger charge is -1.99. The topological polar surface area (TPSA) is 78.3 Å². The summed E-state index contributed by atoms with van der Waals surface area (Å²) in [5.74, 6) is -0.225. The molecular weight excluding hydrogens is 292 g/mol. The first kappa shape index (κ1) is 15.5. The number of ether oxygens (including phenoxy) is 2. The van der Waals surface area contributed by atoms with E-state index in [4.69, 9.17) is 4.74 Å². The fourth-order valence-corrected chi connectivity index (χ4v) is 2.44. The number of hydrogen-bond donors (Lipinski definition) is 1. The van der Waals surface area contributed by atoms with E-state index in [1.165, 1.54) is 18.4 Å². The van der Waals surface area contributed by atoms with Gasteiger partial charge in [0.1, 0.15) is 0 Å². The minimum absolute atomic E-state index is 0.225. The summed E-state index contributed by atoms with van der Waals surface area (Å²) in [5.41, 5.74) is 1.75. The molecule has 2 aromatic heterocycles. The molecule has 2 rings (SSSR count). The number of carbonyl (C=O) groups excluding carboxylic acids is 1. The molecule has 0 aliphatic heterocycles. The lowest BCUT2D eigenvalue weighted by atomic mass is 10.2. The van der Waals surface area contributed by atoms with Crippen LogP contribution in [0.25, 0.3) is 0 Å². The number of aromatic nitrogens is 3. The van der Waals surface area contributed by atoms with Gasteiger partial charge in [0.2, 0.25) is 0 Å². The van der Waals surface area contributed by atoms with E-state index in [9.17, 15) is 4.79 Å². The zero-order chi connectivity index (χ0) is 15.1. The smallest absolute Gasteiger partial charge is 0.305 e. The number of thiazole rings is 1. The quantitative estimate of drug-likeness (QED) is 0.750. The van der Waals surface area contributed by atoms with Gasteiger partial charge < -0.3 is 14.8 Å². The molecule has 0 unspecified atom stereocenters. The highest BCUT2D eigenvalue weighted by molar-refractivity contribution is 7.13. The lowest BCUT2D eigenvalue weighted by Crippen LogP contribution is -2.03. The Morgan fingerprint density at radius 2 is 2.33 bits per heavy atom. The highest BCUT2D eigenvalue weighted by Crippen LogP contribution is 2.21. The van der Waals surface area contributed by atoms with Crippen LogP contribution in [0.15, 0.2) is 17.8 Å². The Labute approximate surface area is 126 Å². The van der Waals surface area contributed by atoms with Gasteiger partial charge in [-0.05, 0) is 0 Å². The molecule has 0 radical (unpaired) electrons. The van der Waals surface area contributed by atoms with Gasteiger partial charge in [-0.1, -0.05) is 0 Å². The van der Waals surface area contributed by atoms with Crippen molar-refractivity contribution in [2.45, 2.75) is 19.4 Å². The average Bonchev–Trinajstić information content (AvgIpc) is 3.12. The van der Waals surface area contributed by atoms with Gasteiger partial charge in [-0.3, -0.25) is 9.48 Å². The summed E-state index contributed by atoms with van der Waals surface area (Å²) in [7, 11) is 3.05. The van der Waals surface area contributed by atoms with Crippen LogP contribution < -0.4 is 5.32 Å². The SMILES string of the molecule is COCCn1cc(Nc2nc(CCC(=O)OC)cs2)cn1. The van der Waals surface area contributed by atoms with Crippen molar-refractivity contribution in [3.63, 3.8) is 0 Å². The van der Waals surface area contributed by atoms with Crippen LogP contribution in [0.5, 0.6) is 0 Å². The Morgan fingerprint density at radius 3 is 3.10 bits per heavy atom. The fourth-order valence-electron chi connectivity index (χ4n) is 1.67. The predicted octanol–water partition coefficient (Wildman–Crippen LogP) is 1.84. The first-order valence-corrected chi connectivity index (χ1v) is 7.39. The maximum atomic E-state index is 11.1. The minimum Gasteiger partial charge on any atom is -0.469 e. The molecule has 2 heterocycles. The van der Waals surface area contributed by atoms with Crippen LogP contribution in [0.2, 0.25) is 0 Å². The number of hydrogen-bond acceptors (Lipinski definition) is 7. The van der Waals surface area contributed by atoms with Crippen molar-refractivity contribution in [3.8, 4) is 0 Å². The number of rotatable bonds is 8. The highest BCUT2D eigenvalue weighted by Gasteiger charge is 2.07. The molecular formula is C13H18N4O3S. The first-order valence-electron chi connectivity index (χ1n) is 6.51. The standard InChI is InChI=1S/C13H18N4O3S/c1-19-6-5-17-8-11(7-14-17)16-13-15-10(9-21-13)3-4-12(18)20-2/h7-9H,3-6H2,1-2H3,(H,15,16). The molecule has 0 saturated heterocycles. The van der Waals surface area contributed by atoms with Crippen LogP contribution in [-0.2, 0) is 27.2 Å². The number of methoxy groups -OCH3 is 2. The molecule has 0 amide bonds. The summed E-state index contributed by atoms with van der Waals surface area (Å²) in [4.78, 5) is 15.5. The maximum absolute atomic E-state index is 11.1. The van der Waals surface area contributed by atoms with Crippen LogP contribution in [-0.4, -0.2) is 41.6 Å². The second kappa shape index (κ2) is 7.75. The van der Waals surface area contributed by atoms with Crippen molar-refractivity contribution in [1.82, 2.24) is 14.8 Å². The van der Waals surface area contributed by atoms with Crippen molar-refractivity contribution in [2.24, 2.45) is 0 Å². The summed E-state index contributed by atoms with van der Waals surface area (Å²) < 4.78 is 11.4. The third-order valence-electron chi connectivity index (χ3n) is 2.77. The van der Waals surface area contributed by atoms with E-state index in [1.54, 1.807) is 18.0 Å². The van der Waals surface area contributed by atoms with E-state index >= 15 is 0 Å². The second-order valence-electron chi connectivity index (χ2n) is 4.33. The molecule has 0 atom stereocenters. The van der Waals surface area contributed by atoms with Gasteiger partial charge in [0.15, 0.2) is 5.13 Å². The molecule has 0 aliphatic rings. The van der Waals surface area contributed by atoms with Crippen LogP contribution in [0, 0.1) is 0 Å². The average molecular weight is 310 g/mol. The Bertz CT molecular complexity index is 581. The summed E-state index contributed by atoms with van der Waals surface area (Å²) in [6.45, 7) is 1.33. The van der Waals surface area contributed by atoms with Crippen LogP contribution in [0.3, 0.4) is 0 Å². The number of esters is 1. The number of nitrogens with zero attached hydrogens (tertiary/aromatic N) is 3. The zero-order valence-corrected chi connectivity index (χ0v) is 12.9. The molecule has 114 valence electrons. The minimum atomic E-state index is -0.225. The van der Waals surface area contributed by atoms with E-state index in [2.05, 4.69) is 20.1 Å². The van der Waals surface area contributed by atoms with Crippen molar-refractivity contribution in [1.29, 1.82) is 0 Å². The van der Waals surface area contributed by atoms with E-state index in [0.717, 1.165) is 16.5 Å². The number of aryl methyl sites for hydroxylation is 1. The Kier molecular flexibility index (Phi) is 5.70. The summed E-state index contributed by atoms with van der Waals surface area (Å²) in [6.07, 6.45) is 4.56. The van der Waals surface area contributed by atoms with E-state index in [1.807, 2.05) is 11.6 Å². The molecule has 0 spiro atoms. The second-order valence-corrected chi connectivity index (χ2v) is 5.19. The van der Waals surface area contributed by atoms with Crippen molar-refractivity contribution in [3.05, 3.63) is 23.5 Å². The van der Waals surface area contributed by atoms with Gasteiger partial charge in [0.25, 0.3) is 0 Å². The van der Waals surface area contributed by atoms with Gasteiger partial charge in [-0.2, -0.15) is 5.10 Å². The molecule has 7 nitrogen and oxygen atoms in total. The van der Waals surface area contributed by atoms with Crippen LogP contribution >= 0.6 is 11.3 Å². The van der Waals surface area contributed by atoms with Crippen molar-refractivity contribution >= 4 is 28.1 Å². The normalized spacial score (nSPS) is 10.6. The number of carbonyl (C=O) groups is 1. The Morgan fingerprint density at radius 1 is 1.48 bits per heavy atom. The third kappa shape index (κ3) is 4.83. The van der Waals surface area contributed by atoms with Crippen molar-refractivity contribution in [2.75, 3.05) is 26.1 Å². The van der Waals surface area contributed by atoms with Gasteiger partial charge >= 0.3 is 5.97 Å². The van der Waals surface area contributed by atoms with Gasteiger partial charge in [-0.15, -0.1) is 11.3 Å². The molecule has 21 heavy (non-hydrogen) atoms. The van der Waals surface area contributed by atoms with Crippen LogP contribution in [0.4, 0.5) is 10.8 Å². The molecule has 0 aromatic carbocycles. The van der Waals surface area contributed by atoms with Gasteiger partial charge in [0.05, 0.1) is 44.3 Å². The summed E-state index contributed by atoms with van der Waals surface area (Å²) in [5, 5.41) is 10.1. The van der Waals surface area contributed by atoms with Gasteiger partial charge in [-0.25, -0.2) is 4.98 Å². The summed E-state index contributed by atoms with van der Waals surface area (Å²) >= 11 is 1.49. The molecule has 1 N–H and O–H groups in total. The van der Waals surface area contributed by atoms with E-state index in [-0.39, 0.29) is 5.97 Å². The predicted molar refractivity (Wildman–Crippen MR) is 79.8 cm³/mol. The fraction of sp³-hybridized carbons (Fsp3) is 0.462. The third-order valence-corrected chi connectivity index (χ3v) is 3.58. The molecule has 0 fully saturated rings. The lowest BCUT2D eigenvalue weighted by molar-refractivity contribution is -0.140. The summed E-state index contributed by atoms with van der Waals surface area (Å²) in [6, 6.07) is 0. The van der Waals surface area contributed by atoms with E-state index < -0.39 is 0 Å². The highest BCUT2D eigenvalue weighted by atomic mass is 32.1. The Balaban J connectivity index is 1.87. The first-order chi connectivity index (χ1) is 10.2. The molecule has 0 saturated carbocycles.